The van der Waals surface area contributed by atoms with Gasteiger partial charge in [0.05, 0.1) is 0 Å². The van der Waals surface area contributed by atoms with Crippen molar-refractivity contribution in [3.8, 4) is 0 Å². The summed E-state index contributed by atoms with van der Waals surface area (Å²) in [4.78, 5) is 2.55. The second kappa shape index (κ2) is 8.08. The van der Waals surface area contributed by atoms with E-state index >= 15 is 0 Å². The fourth-order valence-corrected chi connectivity index (χ4v) is 2.87. The lowest BCUT2D eigenvalue weighted by Gasteiger charge is -2.24. The monoisotopic (exact) mass is 226 g/mol. The molecule has 0 amide bonds. The van der Waals surface area contributed by atoms with Gasteiger partial charge in [-0.2, -0.15) is 0 Å². The molecular weight excluding hydrogens is 196 g/mol. The van der Waals surface area contributed by atoms with Crippen LogP contribution in [0.25, 0.3) is 0 Å². The van der Waals surface area contributed by atoms with E-state index in [0.717, 1.165) is 12.0 Å². The second-order valence-corrected chi connectivity index (χ2v) is 5.07. The molecule has 1 N–H and O–H groups in total. The van der Waals surface area contributed by atoms with Crippen molar-refractivity contribution in [1.29, 1.82) is 0 Å². The quantitative estimate of drug-likeness (QED) is 0.684. The van der Waals surface area contributed by atoms with E-state index in [0.29, 0.717) is 0 Å². The van der Waals surface area contributed by atoms with Crippen molar-refractivity contribution in [3.05, 3.63) is 0 Å². The van der Waals surface area contributed by atoms with E-state index in [4.69, 9.17) is 0 Å². The van der Waals surface area contributed by atoms with Gasteiger partial charge in [0.15, 0.2) is 0 Å². The van der Waals surface area contributed by atoms with Crippen LogP contribution < -0.4 is 5.32 Å². The molecule has 0 saturated heterocycles. The lowest BCUT2D eigenvalue weighted by Crippen LogP contribution is -2.35. The molecule has 0 radical (unpaired) electrons. The van der Waals surface area contributed by atoms with Gasteiger partial charge in [0.25, 0.3) is 0 Å². The van der Waals surface area contributed by atoms with Crippen LogP contribution in [0.3, 0.4) is 0 Å². The van der Waals surface area contributed by atoms with Crippen molar-refractivity contribution in [1.82, 2.24) is 10.2 Å². The molecular formula is C14H30N2. The van der Waals surface area contributed by atoms with E-state index in [-0.39, 0.29) is 0 Å². The molecule has 0 aromatic rings. The highest BCUT2D eigenvalue weighted by Crippen LogP contribution is 2.28. The Labute approximate surface area is 102 Å². The first-order chi connectivity index (χ1) is 7.81. The van der Waals surface area contributed by atoms with Crippen LogP contribution in [0.1, 0.15) is 52.9 Å². The minimum Gasteiger partial charge on any atom is -0.314 e. The Hall–Kier alpha value is -0.0800. The van der Waals surface area contributed by atoms with Crippen LogP contribution in [0.2, 0.25) is 0 Å². The number of hydrogen-bond acceptors (Lipinski definition) is 2. The van der Waals surface area contributed by atoms with Gasteiger partial charge in [-0.25, -0.2) is 0 Å². The molecule has 2 nitrogen and oxygen atoms in total. The summed E-state index contributed by atoms with van der Waals surface area (Å²) < 4.78 is 0. The van der Waals surface area contributed by atoms with Gasteiger partial charge in [-0.05, 0) is 57.8 Å². The van der Waals surface area contributed by atoms with Gasteiger partial charge in [0, 0.05) is 6.04 Å². The molecule has 0 aromatic carbocycles. The Morgan fingerprint density at radius 2 is 1.88 bits per heavy atom. The number of nitrogens with one attached hydrogen (secondary N) is 1. The van der Waals surface area contributed by atoms with E-state index in [1.165, 1.54) is 58.3 Å². The summed E-state index contributed by atoms with van der Waals surface area (Å²) >= 11 is 0. The van der Waals surface area contributed by atoms with Gasteiger partial charge >= 0.3 is 0 Å². The predicted molar refractivity (Wildman–Crippen MR) is 71.8 cm³/mol. The Morgan fingerprint density at radius 1 is 1.12 bits per heavy atom. The summed E-state index contributed by atoms with van der Waals surface area (Å²) in [5.41, 5.74) is 0. The third-order valence-corrected chi connectivity index (χ3v) is 4.03. The van der Waals surface area contributed by atoms with Crippen molar-refractivity contribution >= 4 is 0 Å². The van der Waals surface area contributed by atoms with Gasteiger partial charge in [0.2, 0.25) is 0 Å². The average Bonchev–Trinajstić information content (AvgIpc) is 2.75. The molecule has 1 saturated carbocycles. The summed E-state index contributed by atoms with van der Waals surface area (Å²) in [6.07, 6.45) is 6.94. The molecule has 1 fully saturated rings. The first-order valence-electron chi connectivity index (χ1n) is 7.27. The lowest BCUT2D eigenvalue weighted by atomic mass is 9.99. The van der Waals surface area contributed by atoms with E-state index < -0.39 is 0 Å². The van der Waals surface area contributed by atoms with Gasteiger partial charge in [-0.15, -0.1) is 0 Å². The zero-order valence-electron chi connectivity index (χ0n) is 11.5. The zero-order chi connectivity index (χ0) is 11.8. The molecule has 0 heterocycles. The van der Waals surface area contributed by atoms with E-state index in [9.17, 15) is 0 Å². The summed E-state index contributed by atoms with van der Waals surface area (Å²) in [6.45, 7) is 11.7. The van der Waals surface area contributed by atoms with Gasteiger partial charge in [-0.3, -0.25) is 0 Å². The summed E-state index contributed by atoms with van der Waals surface area (Å²) in [5, 5.41) is 3.72. The smallest absolute Gasteiger partial charge is 0.00958 e. The maximum Gasteiger partial charge on any atom is 0.00958 e. The van der Waals surface area contributed by atoms with E-state index in [1.807, 2.05) is 0 Å². The minimum absolute atomic E-state index is 0.815. The Kier molecular flexibility index (Phi) is 7.06. The Balaban J connectivity index is 2.23. The summed E-state index contributed by atoms with van der Waals surface area (Å²) in [7, 11) is 0. The first-order valence-corrected chi connectivity index (χ1v) is 7.27. The highest BCUT2D eigenvalue weighted by atomic mass is 15.1. The largest absolute Gasteiger partial charge is 0.314 e. The van der Waals surface area contributed by atoms with Crippen LogP contribution in [0.5, 0.6) is 0 Å². The van der Waals surface area contributed by atoms with Crippen LogP contribution in [-0.4, -0.2) is 37.1 Å². The fraction of sp³-hybridized carbons (Fsp3) is 1.00. The number of hydrogen-bond donors (Lipinski definition) is 1. The maximum atomic E-state index is 3.72. The Morgan fingerprint density at radius 3 is 2.50 bits per heavy atom. The SMILES string of the molecule is CCCNC1CCCC1CCN(CC)CC. The van der Waals surface area contributed by atoms with Crippen LogP contribution in [0.15, 0.2) is 0 Å². The van der Waals surface area contributed by atoms with Crippen molar-refractivity contribution in [2.24, 2.45) is 5.92 Å². The average molecular weight is 226 g/mol. The molecule has 0 aliphatic heterocycles. The molecule has 1 rings (SSSR count). The van der Waals surface area contributed by atoms with Gasteiger partial charge in [-0.1, -0.05) is 27.2 Å². The molecule has 2 heteroatoms. The zero-order valence-corrected chi connectivity index (χ0v) is 11.5. The van der Waals surface area contributed by atoms with E-state index in [2.05, 4.69) is 31.0 Å². The highest BCUT2D eigenvalue weighted by molar-refractivity contribution is 4.83. The molecule has 0 spiro atoms. The molecule has 96 valence electrons. The van der Waals surface area contributed by atoms with Gasteiger partial charge < -0.3 is 10.2 Å². The lowest BCUT2D eigenvalue weighted by molar-refractivity contribution is 0.260. The molecule has 0 aromatic heterocycles. The van der Waals surface area contributed by atoms with Crippen LogP contribution in [-0.2, 0) is 0 Å². The topological polar surface area (TPSA) is 15.3 Å². The molecule has 2 unspecified atom stereocenters. The molecule has 1 aliphatic carbocycles. The molecule has 1 aliphatic rings. The first kappa shape index (κ1) is 14.0. The van der Waals surface area contributed by atoms with Crippen molar-refractivity contribution < 1.29 is 0 Å². The number of nitrogens with zero attached hydrogens (tertiary/aromatic N) is 1. The van der Waals surface area contributed by atoms with E-state index in [1.54, 1.807) is 0 Å². The molecule has 0 bridgehead atoms. The Bertz CT molecular complexity index is 166. The number of rotatable bonds is 8. The van der Waals surface area contributed by atoms with Crippen molar-refractivity contribution in [2.45, 2.75) is 58.9 Å². The second-order valence-electron chi connectivity index (χ2n) is 5.07. The van der Waals surface area contributed by atoms with Crippen molar-refractivity contribution in [2.75, 3.05) is 26.2 Å². The minimum atomic E-state index is 0.815. The third kappa shape index (κ3) is 4.42. The summed E-state index contributed by atoms with van der Waals surface area (Å²) in [5.74, 6) is 0.937. The van der Waals surface area contributed by atoms with Crippen LogP contribution >= 0.6 is 0 Å². The van der Waals surface area contributed by atoms with Crippen LogP contribution in [0, 0.1) is 5.92 Å². The normalized spacial score (nSPS) is 25.5. The van der Waals surface area contributed by atoms with Crippen LogP contribution in [0.4, 0.5) is 0 Å². The maximum absolute atomic E-state index is 3.72. The standard InChI is InChI=1S/C14H30N2/c1-4-11-15-14-9-7-8-13(14)10-12-16(5-2)6-3/h13-15H,4-12H2,1-3H3. The molecule has 2 atom stereocenters. The predicted octanol–water partition coefficient (Wildman–Crippen LogP) is 2.89. The fourth-order valence-electron chi connectivity index (χ4n) is 2.87. The summed E-state index contributed by atoms with van der Waals surface area (Å²) in [6, 6.07) is 0.815. The van der Waals surface area contributed by atoms with Crippen molar-refractivity contribution in [3.63, 3.8) is 0 Å². The highest BCUT2D eigenvalue weighted by Gasteiger charge is 2.26. The van der Waals surface area contributed by atoms with Gasteiger partial charge in [0.1, 0.15) is 0 Å². The third-order valence-electron chi connectivity index (χ3n) is 4.03. The molecule has 16 heavy (non-hydrogen) atoms.